The molecule has 1 aromatic heterocycles. The van der Waals surface area contributed by atoms with E-state index in [1.54, 1.807) is 28.2 Å². The van der Waals surface area contributed by atoms with Gasteiger partial charge < -0.3 is 0 Å². The number of aryl methyl sites for hydroxylation is 1. The number of nitrogens with one attached hydrogen (secondary N) is 1. The van der Waals surface area contributed by atoms with E-state index in [2.05, 4.69) is 29.0 Å². The maximum atomic E-state index is 14.8. The fourth-order valence-corrected chi connectivity index (χ4v) is 10.6. The molecule has 0 bridgehead atoms. The second kappa shape index (κ2) is 13.7. The van der Waals surface area contributed by atoms with E-state index in [1.165, 1.54) is 0 Å². The maximum Gasteiger partial charge on any atom is 0.268 e. The van der Waals surface area contributed by atoms with Gasteiger partial charge in [-0.15, -0.1) is 0 Å². The van der Waals surface area contributed by atoms with Crippen LogP contribution in [0.25, 0.3) is 10.9 Å². The van der Waals surface area contributed by atoms with Crippen molar-refractivity contribution < 1.29 is 12.6 Å². The smallest absolute Gasteiger partial charge is 0.242 e. The molecule has 0 radical (unpaired) electrons. The van der Waals surface area contributed by atoms with Crippen LogP contribution in [-0.4, -0.2) is 21.3 Å². The summed E-state index contributed by atoms with van der Waals surface area (Å²) in [6.07, 6.45) is 0.450. The summed E-state index contributed by atoms with van der Waals surface area (Å²) in [6.45, 7) is 7.86. The molecule has 5 nitrogen and oxygen atoms in total. The van der Waals surface area contributed by atoms with Gasteiger partial charge >= 0.3 is 0 Å². The van der Waals surface area contributed by atoms with Crippen LogP contribution in [0.5, 0.6) is 0 Å². The molecule has 0 spiro atoms. The summed E-state index contributed by atoms with van der Waals surface area (Å²) in [5, 5.41) is 3.10. The Hall–Kier alpha value is -3.87. The van der Waals surface area contributed by atoms with Gasteiger partial charge in [-0.2, -0.15) is 0 Å². The molecule has 0 saturated carbocycles. The first-order valence-electron chi connectivity index (χ1n) is 15.6. The van der Waals surface area contributed by atoms with E-state index in [0.29, 0.717) is 17.4 Å². The molecule has 5 aromatic carbocycles. The van der Waals surface area contributed by atoms with Gasteiger partial charge in [0.15, 0.2) is 0 Å². The summed E-state index contributed by atoms with van der Waals surface area (Å²) >= 11 is 0. The summed E-state index contributed by atoms with van der Waals surface area (Å²) in [4.78, 5) is 0.218. The van der Waals surface area contributed by atoms with E-state index in [9.17, 15) is 12.6 Å². The van der Waals surface area contributed by atoms with Crippen LogP contribution < -0.4 is 15.3 Å². The normalized spacial score (nSPS) is 13.6. The van der Waals surface area contributed by atoms with E-state index in [1.807, 2.05) is 119 Å². The van der Waals surface area contributed by atoms with E-state index >= 15 is 0 Å². The molecular weight excluding hydrogens is 640 g/mol. The van der Waals surface area contributed by atoms with Crippen molar-refractivity contribution in [2.24, 2.45) is 0 Å². The molecule has 1 heterocycles. The number of fused-ring (bicyclic) bond motifs is 1. The lowest BCUT2D eigenvalue weighted by Gasteiger charge is -2.27. The van der Waals surface area contributed by atoms with Crippen molar-refractivity contribution in [3.8, 4) is 0 Å². The van der Waals surface area contributed by atoms with Gasteiger partial charge in [0.1, 0.15) is 0 Å². The lowest BCUT2D eigenvalue weighted by molar-refractivity contribution is 0.587. The van der Waals surface area contributed by atoms with Crippen molar-refractivity contribution in [3.63, 3.8) is 0 Å². The second-order valence-corrected chi connectivity index (χ2v) is 18.5. The highest BCUT2D eigenvalue weighted by atomic mass is 32.2. The fraction of sp³-hybridized carbons (Fsp3) is 0.179. The van der Waals surface area contributed by atoms with Crippen LogP contribution in [-0.2, 0) is 27.2 Å². The largest absolute Gasteiger partial charge is 0.268 e. The van der Waals surface area contributed by atoms with Crippen molar-refractivity contribution in [2.75, 3.05) is 0 Å². The van der Waals surface area contributed by atoms with Crippen LogP contribution in [0.1, 0.15) is 49.2 Å². The highest BCUT2D eigenvalue weighted by Gasteiger charge is 2.34. The van der Waals surface area contributed by atoms with Crippen LogP contribution in [0.3, 0.4) is 0 Å². The summed E-state index contributed by atoms with van der Waals surface area (Å²) < 4.78 is 48.0. The Balaban J connectivity index is 1.70. The number of benzene rings is 5. The standard InChI is InChI=1S/C39H39N2O3PS2/c1-29-24-26-30(27-25-29)38(40-46(42)39(2,3)4)37-34-22-14-15-23-35(34)41(47(43,44)33-20-12-7-13-21-33)36(37)28-45(31-16-8-5-9-17-31)32-18-10-6-11-19-32/h5-27,38,40H,28H2,1-4H3/t38-,46+/m0/s1. The Morgan fingerprint density at radius 3 is 1.79 bits per heavy atom. The molecule has 1 N–H and O–H groups in total. The first-order chi connectivity index (χ1) is 22.6. The summed E-state index contributed by atoms with van der Waals surface area (Å²) in [6, 6.07) is 44.6. The average Bonchev–Trinajstić information content (AvgIpc) is 3.41. The molecule has 0 amide bonds. The van der Waals surface area contributed by atoms with Crippen LogP contribution in [0, 0.1) is 6.92 Å². The Morgan fingerprint density at radius 1 is 0.723 bits per heavy atom. The van der Waals surface area contributed by atoms with Crippen LogP contribution in [0.2, 0.25) is 0 Å². The topological polar surface area (TPSA) is 68.2 Å². The molecule has 0 aliphatic rings. The Labute approximate surface area is 282 Å². The predicted molar refractivity (Wildman–Crippen MR) is 198 cm³/mol. The second-order valence-electron chi connectivity index (χ2n) is 12.6. The van der Waals surface area contributed by atoms with Gasteiger partial charge in [-0.1, -0.05) is 127 Å². The third kappa shape index (κ3) is 6.90. The SMILES string of the molecule is Cc1ccc([C@H](N[S@](=O)C(C)(C)C)c2c(CP(c3ccccc3)c3ccccc3)n(S(=O)(=O)c3ccccc3)c3ccccc23)cc1. The lowest BCUT2D eigenvalue weighted by atomic mass is 9.96. The van der Waals surface area contributed by atoms with Crippen LogP contribution in [0.15, 0.2) is 144 Å². The zero-order chi connectivity index (χ0) is 33.2. The van der Waals surface area contributed by atoms with Crippen molar-refractivity contribution in [1.29, 1.82) is 0 Å². The van der Waals surface area contributed by atoms with Gasteiger partial charge in [-0.3, -0.25) is 0 Å². The van der Waals surface area contributed by atoms with Crippen molar-refractivity contribution in [2.45, 2.75) is 49.5 Å². The van der Waals surface area contributed by atoms with Gasteiger partial charge in [0.2, 0.25) is 0 Å². The van der Waals surface area contributed by atoms with Gasteiger partial charge in [-0.05, 0) is 70.0 Å². The molecule has 47 heavy (non-hydrogen) atoms. The molecule has 6 rings (SSSR count). The predicted octanol–water partition coefficient (Wildman–Crippen LogP) is 7.96. The Morgan fingerprint density at radius 2 is 1.23 bits per heavy atom. The van der Waals surface area contributed by atoms with Gasteiger partial charge in [-0.25, -0.2) is 21.3 Å². The van der Waals surface area contributed by atoms with Crippen molar-refractivity contribution in [1.82, 2.24) is 8.69 Å². The molecule has 2 atom stereocenters. The number of nitrogens with zero attached hydrogens (tertiary/aromatic N) is 1. The van der Waals surface area contributed by atoms with E-state index in [0.717, 1.165) is 32.7 Å². The minimum Gasteiger partial charge on any atom is -0.242 e. The van der Waals surface area contributed by atoms with E-state index in [4.69, 9.17) is 0 Å². The van der Waals surface area contributed by atoms with E-state index in [-0.39, 0.29) is 4.90 Å². The van der Waals surface area contributed by atoms with Gasteiger partial charge in [0, 0.05) is 22.8 Å². The quantitative estimate of drug-likeness (QED) is 0.150. The molecule has 240 valence electrons. The summed E-state index contributed by atoms with van der Waals surface area (Å²) in [5.41, 5.74) is 4.12. The molecule has 0 aliphatic carbocycles. The van der Waals surface area contributed by atoms with Gasteiger partial charge in [0.25, 0.3) is 10.0 Å². The number of para-hydroxylation sites is 1. The van der Waals surface area contributed by atoms with Crippen LogP contribution in [0.4, 0.5) is 0 Å². The highest BCUT2D eigenvalue weighted by Crippen LogP contribution is 2.45. The first-order valence-corrected chi connectivity index (χ1v) is 19.7. The van der Waals surface area contributed by atoms with Gasteiger partial charge in [0.05, 0.1) is 32.2 Å². The molecule has 0 unspecified atom stereocenters. The zero-order valence-corrected chi connectivity index (χ0v) is 29.5. The lowest BCUT2D eigenvalue weighted by Crippen LogP contribution is -2.36. The number of aromatic nitrogens is 1. The van der Waals surface area contributed by atoms with Crippen LogP contribution >= 0.6 is 7.92 Å². The molecular formula is C39H39N2O3PS2. The minimum absolute atomic E-state index is 0.218. The molecule has 6 aromatic rings. The molecule has 0 saturated heterocycles. The average molecular weight is 679 g/mol. The first kappa shape index (κ1) is 33.0. The minimum atomic E-state index is -4.04. The number of rotatable bonds is 10. The van der Waals surface area contributed by atoms with Crippen molar-refractivity contribution in [3.05, 3.63) is 162 Å². The molecule has 8 heteroatoms. The van der Waals surface area contributed by atoms with E-state index < -0.39 is 39.7 Å². The Bertz CT molecular complexity index is 2070. The van der Waals surface area contributed by atoms with Crippen molar-refractivity contribution >= 4 is 50.4 Å². The zero-order valence-electron chi connectivity index (χ0n) is 27.0. The maximum absolute atomic E-state index is 14.8. The fourth-order valence-electron chi connectivity index (χ4n) is 5.77. The Kier molecular flexibility index (Phi) is 9.63. The number of hydrogen-bond acceptors (Lipinski definition) is 3. The summed E-state index contributed by atoms with van der Waals surface area (Å²) in [7, 11) is -6.55. The third-order valence-electron chi connectivity index (χ3n) is 8.17. The highest BCUT2D eigenvalue weighted by molar-refractivity contribution is 7.90. The third-order valence-corrected chi connectivity index (χ3v) is 14.0. The number of hydrogen-bond donors (Lipinski definition) is 1. The molecule has 0 fully saturated rings. The molecule has 0 aliphatic heterocycles. The monoisotopic (exact) mass is 678 g/mol. The summed E-state index contributed by atoms with van der Waals surface area (Å²) in [5.74, 6) is 0.